The predicted molar refractivity (Wildman–Crippen MR) is 141 cm³/mol. The second-order valence-electron chi connectivity index (χ2n) is 7.81. The average molecular weight is 474 g/mol. The molecule has 0 fully saturated rings. The number of H-pyrrole nitrogens is 1. The highest BCUT2D eigenvalue weighted by Gasteiger charge is 2.15. The molecule has 0 saturated heterocycles. The first-order valence-electron chi connectivity index (χ1n) is 11.1. The quantitative estimate of drug-likeness (QED) is 0.337. The second-order valence-corrected chi connectivity index (χ2v) is 8.19. The van der Waals surface area contributed by atoms with Gasteiger partial charge in [0.1, 0.15) is 11.5 Å². The van der Waals surface area contributed by atoms with Gasteiger partial charge in [-0.25, -0.2) is 0 Å². The highest BCUT2D eigenvalue weighted by atomic mass is 32.1. The van der Waals surface area contributed by atoms with Crippen LogP contribution in [0.4, 0.5) is 5.69 Å². The zero-order valence-corrected chi connectivity index (χ0v) is 20.0. The first-order chi connectivity index (χ1) is 16.6. The Morgan fingerprint density at radius 3 is 2.41 bits per heavy atom. The van der Waals surface area contributed by atoms with Crippen molar-refractivity contribution in [3.63, 3.8) is 0 Å². The lowest BCUT2D eigenvalue weighted by molar-refractivity contribution is 0.340. The molecule has 0 saturated carbocycles. The number of aromatic amines is 1. The Hall–Kier alpha value is -3.84. The number of fused-ring (bicyclic) bond motifs is 1. The monoisotopic (exact) mass is 473 g/mol. The number of anilines is 1. The summed E-state index contributed by atoms with van der Waals surface area (Å²) in [6, 6.07) is 25.2. The van der Waals surface area contributed by atoms with Crippen LogP contribution in [0.5, 0.6) is 11.5 Å². The zero-order valence-electron chi connectivity index (χ0n) is 19.2. The van der Waals surface area contributed by atoms with Gasteiger partial charge in [0.15, 0.2) is 5.11 Å². The van der Waals surface area contributed by atoms with Gasteiger partial charge in [0.05, 0.1) is 20.3 Å². The van der Waals surface area contributed by atoms with E-state index < -0.39 is 0 Å². The van der Waals surface area contributed by atoms with Gasteiger partial charge in [-0.05, 0) is 73.2 Å². The number of aromatic nitrogens is 1. The lowest BCUT2D eigenvalue weighted by Gasteiger charge is -2.26. The van der Waals surface area contributed by atoms with Crippen molar-refractivity contribution in [3.8, 4) is 11.5 Å². The Bertz CT molecular complexity index is 1320. The van der Waals surface area contributed by atoms with E-state index in [4.69, 9.17) is 21.7 Å². The van der Waals surface area contributed by atoms with E-state index in [-0.39, 0.29) is 5.56 Å². The van der Waals surface area contributed by atoms with Crippen LogP contribution in [0.2, 0.25) is 0 Å². The maximum atomic E-state index is 12.9. The summed E-state index contributed by atoms with van der Waals surface area (Å²) < 4.78 is 10.9. The Morgan fingerprint density at radius 2 is 1.71 bits per heavy atom. The van der Waals surface area contributed by atoms with Crippen LogP contribution in [-0.4, -0.2) is 28.7 Å². The number of ether oxygens (including phenoxy) is 2. The molecule has 4 rings (SSSR count). The Kier molecular flexibility index (Phi) is 7.44. The maximum absolute atomic E-state index is 12.9. The van der Waals surface area contributed by atoms with E-state index in [9.17, 15) is 4.79 Å². The Balaban J connectivity index is 1.61. The fourth-order valence-electron chi connectivity index (χ4n) is 3.69. The van der Waals surface area contributed by atoms with Gasteiger partial charge < -0.3 is 24.7 Å². The minimum absolute atomic E-state index is 0.139. The molecule has 6 nitrogen and oxygen atoms in total. The van der Waals surface area contributed by atoms with Gasteiger partial charge in [-0.3, -0.25) is 4.79 Å². The molecule has 4 aromatic rings. The largest absolute Gasteiger partial charge is 0.497 e. The SMILES string of the molecule is CCOc1ccc(NC(=S)N(Cc2ccccc2)Cc2cc3cc(OC)ccc3[nH]c2=O)cc1. The molecule has 1 heterocycles. The smallest absolute Gasteiger partial charge is 0.253 e. The molecule has 0 radical (unpaired) electrons. The van der Waals surface area contributed by atoms with Crippen LogP contribution in [0.25, 0.3) is 10.9 Å². The molecule has 1 aromatic heterocycles. The summed E-state index contributed by atoms with van der Waals surface area (Å²) in [6.07, 6.45) is 0. The van der Waals surface area contributed by atoms with Gasteiger partial charge in [-0.1, -0.05) is 30.3 Å². The Morgan fingerprint density at radius 1 is 0.971 bits per heavy atom. The third-order valence-corrected chi connectivity index (χ3v) is 5.77. The van der Waals surface area contributed by atoms with Crippen molar-refractivity contribution in [2.24, 2.45) is 0 Å². The molecule has 0 bridgehead atoms. The Labute approximate surface area is 204 Å². The van der Waals surface area contributed by atoms with E-state index in [0.717, 1.165) is 33.7 Å². The summed E-state index contributed by atoms with van der Waals surface area (Å²) in [5, 5.41) is 4.72. The highest BCUT2D eigenvalue weighted by Crippen LogP contribution is 2.21. The van der Waals surface area contributed by atoms with E-state index in [1.165, 1.54) is 0 Å². The van der Waals surface area contributed by atoms with Gasteiger partial charge in [-0.15, -0.1) is 0 Å². The van der Waals surface area contributed by atoms with Crippen LogP contribution in [0, 0.1) is 0 Å². The van der Waals surface area contributed by atoms with Crippen molar-refractivity contribution in [3.05, 3.63) is 100 Å². The van der Waals surface area contributed by atoms with E-state index in [0.29, 0.717) is 30.4 Å². The summed E-state index contributed by atoms with van der Waals surface area (Å²) in [7, 11) is 1.63. The summed E-state index contributed by atoms with van der Waals surface area (Å²) >= 11 is 5.77. The summed E-state index contributed by atoms with van der Waals surface area (Å²) in [5.74, 6) is 1.54. The molecule has 0 amide bonds. The number of hydrogen-bond acceptors (Lipinski definition) is 4. The van der Waals surface area contributed by atoms with Crippen LogP contribution in [0.15, 0.2) is 83.7 Å². The van der Waals surface area contributed by atoms with Crippen molar-refractivity contribution in [1.82, 2.24) is 9.88 Å². The molecular formula is C27H27N3O3S. The van der Waals surface area contributed by atoms with Crippen molar-refractivity contribution in [2.75, 3.05) is 19.0 Å². The zero-order chi connectivity index (χ0) is 23.9. The molecule has 34 heavy (non-hydrogen) atoms. The third-order valence-electron chi connectivity index (χ3n) is 5.41. The lowest BCUT2D eigenvalue weighted by atomic mass is 10.1. The topological polar surface area (TPSA) is 66.6 Å². The predicted octanol–water partition coefficient (Wildman–Crippen LogP) is 5.33. The number of thiocarbonyl (C=S) groups is 1. The van der Waals surface area contributed by atoms with Gasteiger partial charge in [0.2, 0.25) is 0 Å². The number of hydrogen-bond donors (Lipinski definition) is 2. The number of nitrogens with one attached hydrogen (secondary N) is 2. The molecule has 0 aliphatic rings. The van der Waals surface area contributed by atoms with Crippen molar-refractivity contribution in [2.45, 2.75) is 20.0 Å². The number of methoxy groups -OCH3 is 1. The molecule has 0 aliphatic heterocycles. The van der Waals surface area contributed by atoms with Gasteiger partial charge in [0, 0.05) is 28.7 Å². The van der Waals surface area contributed by atoms with Crippen LogP contribution in [0.3, 0.4) is 0 Å². The molecule has 174 valence electrons. The molecule has 3 aromatic carbocycles. The van der Waals surface area contributed by atoms with E-state index in [2.05, 4.69) is 10.3 Å². The van der Waals surface area contributed by atoms with Crippen LogP contribution in [-0.2, 0) is 13.1 Å². The van der Waals surface area contributed by atoms with Crippen molar-refractivity contribution in [1.29, 1.82) is 0 Å². The van der Waals surface area contributed by atoms with Gasteiger partial charge in [0.25, 0.3) is 5.56 Å². The van der Waals surface area contributed by atoms with E-state index in [1.54, 1.807) is 7.11 Å². The summed E-state index contributed by atoms with van der Waals surface area (Å²) in [4.78, 5) is 17.8. The van der Waals surface area contributed by atoms with Crippen LogP contribution < -0.4 is 20.3 Å². The highest BCUT2D eigenvalue weighted by molar-refractivity contribution is 7.80. The molecule has 7 heteroatoms. The molecule has 0 spiro atoms. The first-order valence-corrected chi connectivity index (χ1v) is 11.5. The second kappa shape index (κ2) is 10.9. The number of rotatable bonds is 8. The van der Waals surface area contributed by atoms with Gasteiger partial charge in [-0.2, -0.15) is 0 Å². The standard InChI is InChI=1S/C27H27N3O3S/c1-3-33-23-11-9-22(10-12-23)28-27(34)30(17-19-7-5-4-6-8-19)18-21-15-20-16-24(32-2)13-14-25(20)29-26(21)31/h4-16H,3,17-18H2,1-2H3,(H,28,34)(H,29,31). The van der Waals surface area contributed by atoms with E-state index in [1.807, 2.05) is 90.7 Å². The first kappa shape index (κ1) is 23.3. The van der Waals surface area contributed by atoms with Crippen molar-refractivity contribution < 1.29 is 9.47 Å². The lowest BCUT2D eigenvalue weighted by Crippen LogP contribution is -2.35. The maximum Gasteiger partial charge on any atom is 0.253 e. The third kappa shape index (κ3) is 5.74. The fraction of sp³-hybridized carbons (Fsp3) is 0.185. The molecule has 2 N–H and O–H groups in total. The number of benzene rings is 3. The summed E-state index contributed by atoms with van der Waals surface area (Å²) in [6.45, 7) is 3.47. The number of pyridine rings is 1. The molecule has 0 atom stereocenters. The minimum Gasteiger partial charge on any atom is -0.497 e. The number of nitrogens with zero attached hydrogens (tertiary/aromatic N) is 1. The average Bonchev–Trinajstić information content (AvgIpc) is 2.85. The van der Waals surface area contributed by atoms with E-state index >= 15 is 0 Å². The van der Waals surface area contributed by atoms with Gasteiger partial charge >= 0.3 is 0 Å². The normalized spacial score (nSPS) is 10.6. The van der Waals surface area contributed by atoms with Crippen molar-refractivity contribution >= 4 is 33.9 Å². The van der Waals surface area contributed by atoms with Crippen LogP contribution >= 0.6 is 12.2 Å². The fourth-order valence-corrected chi connectivity index (χ4v) is 3.93. The summed E-state index contributed by atoms with van der Waals surface area (Å²) in [5.41, 5.74) is 3.19. The molecule has 0 aliphatic carbocycles. The minimum atomic E-state index is -0.139. The molecular weight excluding hydrogens is 446 g/mol. The molecule has 0 unspecified atom stereocenters. The van der Waals surface area contributed by atoms with Crippen LogP contribution in [0.1, 0.15) is 18.1 Å².